The molecule has 3 heteroatoms. The second-order valence-corrected chi connectivity index (χ2v) is 7.59. The van der Waals surface area contributed by atoms with Crippen LogP contribution < -0.4 is 0 Å². The van der Waals surface area contributed by atoms with E-state index in [4.69, 9.17) is 5.26 Å². The molecule has 1 aliphatic heterocycles. The van der Waals surface area contributed by atoms with Gasteiger partial charge in [-0.3, -0.25) is 4.90 Å². The van der Waals surface area contributed by atoms with Gasteiger partial charge in [0.25, 0.3) is 0 Å². The van der Waals surface area contributed by atoms with E-state index in [2.05, 4.69) is 30.0 Å². The van der Waals surface area contributed by atoms with Crippen molar-refractivity contribution < 1.29 is 4.39 Å². The summed E-state index contributed by atoms with van der Waals surface area (Å²) >= 11 is 0. The van der Waals surface area contributed by atoms with E-state index in [1.54, 1.807) is 6.07 Å². The van der Waals surface area contributed by atoms with Gasteiger partial charge in [-0.05, 0) is 72.0 Å². The van der Waals surface area contributed by atoms with Gasteiger partial charge in [0.2, 0.25) is 0 Å². The zero-order valence-electron chi connectivity index (χ0n) is 14.6. The third-order valence-corrected chi connectivity index (χ3v) is 5.48. The van der Waals surface area contributed by atoms with Crippen molar-refractivity contribution in [2.45, 2.75) is 38.6 Å². The first-order chi connectivity index (χ1) is 12.2. The highest BCUT2D eigenvalue weighted by atomic mass is 19.1. The highest BCUT2D eigenvalue weighted by Crippen LogP contribution is 2.46. The Labute approximate surface area is 148 Å². The number of nitriles is 1. The first-order valence-corrected chi connectivity index (χ1v) is 9.20. The van der Waals surface area contributed by atoms with Crippen LogP contribution in [0.3, 0.4) is 0 Å². The molecule has 1 heterocycles. The highest BCUT2D eigenvalue weighted by molar-refractivity contribution is 5.71. The molecular weight excluding hydrogens is 311 g/mol. The van der Waals surface area contributed by atoms with E-state index in [-0.39, 0.29) is 5.56 Å². The Hall–Kier alpha value is -2.18. The second-order valence-electron chi connectivity index (χ2n) is 7.59. The molecule has 0 aromatic heterocycles. The van der Waals surface area contributed by atoms with Crippen LogP contribution in [0, 0.1) is 23.1 Å². The molecule has 4 rings (SSSR count). The lowest BCUT2D eigenvalue weighted by molar-refractivity contribution is 0.319. The van der Waals surface area contributed by atoms with Gasteiger partial charge in [0.05, 0.1) is 5.56 Å². The van der Waals surface area contributed by atoms with Crippen molar-refractivity contribution in [3.05, 3.63) is 58.9 Å². The fourth-order valence-corrected chi connectivity index (χ4v) is 4.04. The maximum absolute atomic E-state index is 14.1. The lowest BCUT2D eigenvalue weighted by atomic mass is 9.91. The van der Waals surface area contributed by atoms with Crippen molar-refractivity contribution in [1.29, 1.82) is 5.26 Å². The molecule has 2 nitrogen and oxygen atoms in total. The Balaban J connectivity index is 1.72. The Morgan fingerprint density at radius 3 is 2.68 bits per heavy atom. The first kappa shape index (κ1) is 16.3. The first-order valence-electron chi connectivity index (χ1n) is 9.20. The summed E-state index contributed by atoms with van der Waals surface area (Å²) in [4.78, 5) is 2.54. The average molecular weight is 334 g/mol. The number of hydrogen-bond donors (Lipinski definition) is 0. The van der Waals surface area contributed by atoms with Gasteiger partial charge < -0.3 is 0 Å². The fourth-order valence-electron chi connectivity index (χ4n) is 4.04. The Morgan fingerprint density at radius 1 is 1.20 bits per heavy atom. The van der Waals surface area contributed by atoms with Gasteiger partial charge in [0.1, 0.15) is 11.9 Å². The minimum Gasteiger partial charge on any atom is -0.299 e. The molecule has 0 N–H and O–H groups in total. The van der Waals surface area contributed by atoms with E-state index in [9.17, 15) is 4.39 Å². The maximum Gasteiger partial charge on any atom is 0.141 e. The highest BCUT2D eigenvalue weighted by Gasteiger charge is 2.30. The van der Waals surface area contributed by atoms with Crippen LogP contribution in [-0.2, 0) is 6.54 Å². The normalized spacial score (nSPS) is 20.6. The molecule has 0 bridgehead atoms. The molecular formula is C22H23FN2. The van der Waals surface area contributed by atoms with E-state index < -0.39 is 5.82 Å². The van der Waals surface area contributed by atoms with Crippen molar-refractivity contribution in [1.82, 2.24) is 4.90 Å². The topological polar surface area (TPSA) is 27.0 Å². The Kier molecular flexibility index (Phi) is 4.31. The van der Waals surface area contributed by atoms with E-state index in [1.165, 1.54) is 49.5 Å². The predicted molar refractivity (Wildman–Crippen MR) is 97.6 cm³/mol. The summed E-state index contributed by atoms with van der Waals surface area (Å²) in [6.07, 6.45) is 3.72. The van der Waals surface area contributed by atoms with Crippen LogP contribution in [0.25, 0.3) is 11.1 Å². The standard InChI is InChI=1S/C22H23FN2/c1-15-9-10-25(13-15)14-19-3-2-4-20(22(19)16-5-6-16)17-7-8-18(12-24)21(23)11-17/h2-4,7-8,11,15-16H,5-6,9-10,13-14H2,1H3/t15-/m0/s1. The molecule has 1 atom stereocenters. The molecule has 2 fully saturated rings. The van der Waals surface area contributed by atoms with Crippen LogP contribution >= 0.6 is 0 Å². The Bertz CT molecular complexity index is 832. The summed E-state index contributed by atoms with van der Waals surface area (Å²) in [7, 11) is 0. The number of benzene rings is 2. The van der Waals surface area contributed by atoms with Crippen LogP contribution in [0.4, 0.5) is 4.39 Å². The molecule has 0 spiro atoms. The minimum atomic E-state index is -0.430. The molecule has 1 saturated carbocycles. The number of likely N-dealkylation sites (tertiary alicyclic amines) is 1. The molecule has 0 amide bonds. The number of rotatable bonds is 4. The number of nitrogens with zero attached hydrogens (tertiary/aromatic N) is 2. The van der Waals surface area contributed by atoms with E-state index in [0.717, 1.165) is 23.6 Å². The van der Waals surface area contributed by atoms with Gasteiger partial charge in [-0.15, -0.1) is 0 Å². The summed E-state index contributed by atoms with van der Waals surface area (Å²) in [5.41, 5.74) is 4.91. The van der Waals surface area contributed by atoms with E-state index >= 15 is 0 Å². The SMILES string of the molecule is C[C@H]1CCN(Cc2cccc(-c3ccc(C#N)c(F)c3)c2C2CC2)C1. The molecule has 1 saturated heterocycles. The summed E-state index contributed by atoms with van der Waals surface area (Å²) in [5, 5.41) is 8.96. The largest absolute Gasteiger partial charge is 0.299 e. The number of halogens is 1. The maximum atomic E-state index is 14.1. The lowest BCUT2D eigenvalue weighted by Crippen LogP contribution is -2.20. The molecule has 1 aliphatic carbocycles. The van der Waals surface area contributed by atoms with Gasteiger partial charge in [0, 0.05) is 13.1 Å². The molecule has 2 aromatic rings. The average Bonchev–Trinajstić information content (AvgIpc) is 3.37. The van der Waals surface area contributed by atoms with Crippen LogP contribution in [0.5, 0.6) is 0 Å². The molecule has 0 radical (unpaired) electrons. The van der Waals surface area contributed by atoms with Crippen molar-refractivity contribution in [3.8, 4) is 17.2 Å². The third-order valence-electron chi connectivity index (χ3n) is 5.48. The van der Waals surface area contributed by atoms with E-state index in [0.29, 0.717) is 5.92 Å². The van der Waals surface area contributed by atoms with E-state index in [1.807, 2.05) is 12.1 Å². The summed E-state index contributed by atoms with van der Waals surface area (Å²) in [6, 6.07) is 13.3. The molecule has 2 aliphatic rings. The van der Waals surface area contributed by atoms with Gasteiger partial charge in [-0.2, -0.15) is 5.26 Å². The minimum absolute atomic E-state index is 0.110. The third kappa shape index (κ3) is 3.32. The van der Waals surface area contributed by atoms with Crippen molar-refractivity contribution in [2.24, 2.45) is 5.92 Å². The van der Waals surface area contributed by atoms with Crippen LogP contribution in [-0.4, -0.2) is 18.0 Å². The van der Waals surface area contributed by atoms with Crippen molar-refractivity contribution >= 4 is 0 Å². The van der Waals surface area contributed by atoms with Crippen LogP contribution in [0.1, 0.15) is 48.8 Å². The molecule has 128 valence electrons. The van der Waals surface area contributed by atoms with Gasteiger partial charge in [-0.1, -0.05) is 31.2 Å². The summed E-state index contributed by atoms with van der Waals surface area (Å²) in [6.45, 7) is 5.64. The quantitative estimate of drug-likeness (QED) is 0.779. The van der Waals surface area contributed by atoms with Gasteiger partial charge in [0.15, 0.2) is 0 Å². The molecule has 2 aromatic carbocycles. The van der Waals surface area contributed by atoms with Crippen LogP contribution in [0.15, 0.2) is 36.4 Å². The Morgan fingerprint density at radius 2 is 2.04 bits per heavy atom. The smallest absolute Gasteiger partial charge is 0.141 e. The summed E-state index contributed by atoms with van der Waals surface area (Å²) in [5.74, 6) is 0.950. The van der Waals surface area contributed by atoms with Gasteiger partial charge in [-0.25, -0.2) is 4.39 Å². The fraction of sp³-hybridized carbons (Fsp3) is 0.409. The van der Waals surface area contributed by atoms with Crippen molar-refractivity contribution in [3.63, 3.8) is 0 Å². The zero-order valence-corrected chi connectivity index (χ0v) is 14.6. The summed E-state index contributed by atoms with van der Waals surface area (Å²) < 4.78 is 14.1. The molecule has 25 heavy (non-hydrogen) atoms. The van der Waals surface area contributed by atoms with Gasteiger partial charge >= 0.3 is 0 Å². The molecule has 0 unspecified atom stereocenters. The predicted octanol–water partition coefficient (Wildman–Crippen LogP) is 5.08. The lowest BCUT2D eigenvalue weighted by Gasteiger charge is -2.20. The zero-order chi connectivity index (χ0) is 17.4. The number of hydrogen-bond acceptors (Lipinski definition) is 2. The second kappa shape index (κ2) is 6.61. The van der Waals surface area contributed by atoms with Crippen molar-refractivity contribution in [2.75, 3.05) is 13.1 Å². The monoisotopic (exact) mass is 334 g/mol. The van der Waals surface area contributed by atoms with Crippen LogP contribution in [0.2, 0.25) is 0 Å².